The van der Waals surface area contributed by atoms with Crippen molar-refractivity contribution in [2.24, 2.45) is 10.2 Å². The van der Waals surface area contributed by atoms with Crippen molar-refractivity contribution in [1.29, 1.82) is 0 Å². The standard InChI is InChI=1S/C19H16N2O2S/c1-15-11-13-17(14-12-15)24(22,23)19-10-6-5-9-18(19)21-20-16-7-3-2-4-8-16/h2-14H,1H3. The Bertz CT molecular complexity index is 964. The zero-order chi connectivity index (χ0) is 17.0. The first-order valence-electron chi connectivity index (χ1n) is 7.45. The Morgan fingerprint density at radius 3 is 2.04 bits per heavy atom. The fraction of sp³-hybridized carbons (Fsp3) is 0.0526. The fourth-order valence-corrected chi connectivity index (χ4v) is 3.61. The molecule has 0 spiro atoms. The SMILES string of the molecule is Cc1ccc(S(=O)(=O)c2ccccc2N=Nc2ccccc2)cc1. The molecule has 0 N–H and O–H groups in total. The maximum absolute atomic E-state index is 12.9. The summed E-state index contributed by atoms with van der Waals surface area (Å²) in [5, 5.41) is 8.25. The van der Waals surface area contributed by atoms with Crippen molar-refractivity contribution in [3.05, 3.63) is 84.4 Å². The Hall–Kier alpha value is -2.79. The van der Waals surface area contributed by atoms with Crippen molar-refractivity contribution < 1.29 is 8.42 Å². The van der Waals surface area contributed by atoms with E-state index in [-0.39, 0.29) is 9.79 Å². The van der Waals surface area contributed by atoms with Gasteiger partial charge in [0.1, 0.15) is 5.69 Å². The van der Waals surface area contributed by atoms with Crippen molar-refractivity contribution in [1.82, 2.24) is 0 Å². The van der Waals surface area contributed by atoms with E-state index in [0.29, 0.717) is 11.4 Å². The number of benzene rings is 3. The van der Waals surface area contributed by atoms with Gasteiger partial charge >= 0.3 is 0 Å². The summed E-state index contributed by atoms with van der Waals surface area (Å²) >= 11 is 0. The molecule has 0 aliphatic carbocycles. The van der Waals surface area contributed by atoms with Crippen molar-refractivity contribution in [2.75, 3.05) is 0 Å². The minimum Gasteiger partial charge on any atom is -0.218 e. The van der Waals surface area contributed by atoms with Crippen LogP contribution in [0.4, 0.5) is 11.4 Å². The lowest BCUT2D eigenvalue weighted by Crippen LogP contribution is -2.02. The molecular formula is C19H16N2O2S. The first-order valence-corrected chi connectivity index (χ1v) is 8.93. The summed E-state index contributed by atoms with van der Waals surface area (Å²) in [5.41, 5.74) is 1.99. The van der Waals surface area contributed by atoms with Crippen LogP contribution in [0.1, 0.15) is 5.56 Å². The first-order chi connectivity index (χ1) is 11.6. The van der Waals surface area contributed by atoms with Gasteiger partial charge in [-0.3, -0.25) is 0 Å². The van der Waals surface area contributed by atoms with Gasteiger partial charge in [0.2, 0.25) is 9.84 Å². The minimum absolute atomic E-state index is 0.147. The van der Waals surface area contributed by atoms with Gasteiger partial charge in [0.25, 0.3) is 0 Å². The van der Waals surface area contributed by atoms with E-state index in [9.17, 15) is 8.42 Å². The van der Waals surface area contributed by atoms with Crippen LogP contribution in [-0.4, -0.2) is 8.42 Å². The molecule has 4 nitrogen and oxygen atoms in total. The second-order valence-corrected chi connectivity index (χ2v) is 7.24. The molecule has 0 unspecified atom stereocenters. The van der Waals surface area contributed by atoms with E-state index in [1.165, 1.54) is 0 Å². The second kappa shape index (κ2) is 6.76. The normalized spacial score (nSPS) is 11.7. The number of hydrogen-bond donors (Lipinski definition) is 0. The molecule has 5 heteroatoms. The van der Waals surface area contributed by atoms with Crippen LogP contribution >= 0.6 is 0 Å². The lowest BCUT2D eigenvalue weighted by atomic mass is 10.2. The van der Waals surface area contributed by atoms with Gasteiger partial charge in [0.15, 0.2) is 0 Å². The minimum atomic E-state index is -3.64. The number of rotatable bonds is 4. The topological polar surface area (TPSA) is 58.9 Å². The van der Waals surface area contributed by atoms with Crippen LogP contribution < -0.4 is 0 Å². The van der Waals surface area contributed by atoms with Crippen molar-refractivity contribution in [3.8, 4) is 0 Å². The molecule has 0 saturated carbocycles. The van der Waals surface area contributed by atoms with Gasteiger partial charge in [-0.1, -0.05) is 48.0 Å². The number of hydrogen-bond acceptors (Lipinski definition) is 4. The summed E-state index contributed by atoms with van der Waals surface area (Å²) in [5.74, 6) is 0. The third-order valence-corrected chi connectivity index (χ3v) is 5.33. The molecule has 0 bridgehead atoms. The van der Waals surface area contributed by atoms with Gasteiger partial charge in [-0.25, -0.2) is 8.42 Å². The summed E-state index contributed by atoms with van der Waals surface area (Å²) in [7, 11) is -3.64. The quantitative estimate of drug-likeness (QED) is 0.611. The number of azo groups is 1. The molecule has 0 aliphatic heterocycles. The fourth-order valence-electron chi connectivity index (χ4n) is 2.22. The van der Waals surface area contributed by atoms with Gasteiger partial charge in [0, 0.05) is 0 Å². The monoisotopic (exact) mass is 336 g/mol. The highest BCUT2D eigenvalue weighted by Crippen LogP contribution is 2.30. The van der Waals surface area contributed by atoms with E-state index < -0.39 is 9.84 Å². The summed E-state index contributed by atoms with van der Waals surface area (Å²) in [4.78, 5) is 0.393. The van der Waals surface area contributed by atoms with Crippen LogP contribution in [0, 0.1) is 6.92 Å². The maximum atomic E-state index is 12.9. The lowest BCUT2D eigenvalue weighted by molar-refractivity contribution is 0.596. The number of sulfone groups is 1. The van der Waals surface area contributed by atoms with Crippen LogP contribution in [0.25, 0.3) is 0 Å². The third kappa shape index (κ3) is 3.41. The highest BCUT2D eigenvalue weighted by atomic mass is 32.2. The summed E-state index contributed by atoms with van der Waals surface area (Å²) in [6.45, 7) is 1.92. The van der Waals surface area contributed by atoms with E-state index in [1.54, 1.807) is 60.7 Å². The molecule has 120 valence electrons. The van der Waals surface area contributed by atoms with Gasteiger partial charge in [-0.05, 0) is 43.3 Å². The zero-order valence-corrected chi connectivity index (χ0v) is 13.9. The summed E-state index contributed by atoms with van der Waals surface area (Å²) in [6.07, 6.45) is 0. The molecule has 24 heavy (non-hydrogen) atoms. The van der Waals surface area contributed by atoms with E-state index in [0.717, 1.165) is 5.56 Å². The summed E-state index contributed by atoms with van der Waals surface area (Å²) in [6, 6.07) is 22.6. The Labute approximate surface area is 141 Å². The van der Waals surface area contributed by atoms with Crippen LogP contribution in [0.2, 0.25) is 0 Å². The Morgan fingerprint density at radius 1 is 0.708 bits per heavy atom. The molecule has 3 aromatic rings. The largest absolute Gasteiger partial charge is 0.218 e. The Kier molecular flexibility index (Phi) is 4.53. The summed E-state index contributed by atoms with van der Waals surface area (Å²) < 4.78 is 25.8. The highest BCUT2D eigenvalue weighted by Gasteiger charge is 2.21. The molecule has 3 rings (SSSR count). The average Bonchev–Trinajstić information content (AvgIpc) is 2.61. The molecule has 0 aromatic heterocycles. The van der Waals surface area contributed by atoms with Gasteiger partial charge in [-0.2, -0.15) is 5.11 Å². The zero-order valence-electron chi connectivity index (χ0n) is 13.1. The van der Waals surface area contributed by atoms with Crippen LogP contribution in [0.15, 0.2) is 98.9 Å². The Balaban J connectivity index is 2.03. The molecule has 0 heterocycles. The van der Waals surface area contributed by atoms with E-state index >= 15 is 0 Å². The molecular weight excluding hydrogens is 320 g/mol. The predicted molar refractivity (Wildman–Crippen MR) is 93.7 cm³/mol. The molecule has 0 radical (unpaired) electrons. The second-order valence-electron chi connectivity index (χ2n) is 5.32. The van der Waals surface area contributed by atoms with Gasteiger partial charge in [-0.15, -0.1) is 5.11 Å². The van der Waals surface area contributed by atoms with E-state index in [4.69, 9.17) is 0 Å². The number of nitrogens with zero attached hydrogens (tertiary/aromatic N) is 2. The van der Waals surface area contributed by atoms with Gasteiger partial charge < -0.3 is 0 Å². The van der Waals surface area contributed by atoms with Crippen molar-refractivity contribution in [2.45, 2.75) is 16.7 Å². The average molecular weight is 336 g/mol. The smallest absolute Gasteiger partial charge is 0.208 e. The lowest BCUT2D eigenvalue weighted by Gasteiger charge is -2.07. The van der Waals surface area contributed by atoms with Crippen LogP contribution in [0.3, 0.4) is 0 Å². The van der Waals surface area contributed by atoms with E-state index in [1.807, 2.05) is 25.1 Å². The molecule has 0 fully saturated rings. The molecule has 0 amide bonds. The van der Waals surface area contributed by atoms with Crippen LogP contribution in [0.5, 0.6) is 0 Å². The van der Waals surface area contributed by atoms with E-state index in [2.05, 4.69) is 10.2 Å². The molecule has 3 aromatic carbocycles. The predicted octanol–water partition coefficient (Wildman–Crippen LogP) is 5.24. The highest BCUT2D eigenvalue weighted by molar-refractivity contribution is 7.91. The Morgan fingerprint density at radius 2 is 1.33 bits per heavy atom. The number of aryl methyl sites for hydroxylation is 1. The van der Waals surface area contributed by atoms with Crippen molar-refractivity contribution in [3.63, 3.8) is 0 Å². The molecule has 0 aliphatic rings. The first kappa shape index (κ1) is 16.1. The maximum Gasteiger partial charge on any atom is 0.208 e. The molecule has 0 atom stereocenters. The van der Waals surface area contributed by atoms with Crippen molar-refractivity contribution >= 4 is 21.2 Å². The van der Waals surface area contributed by atoms with Gasteiger partial charge in [0.05, 0.1) is 15.5 Å². The van der Waals surface area contributed by atoms with Crippen LogP contribution in [-0.2, 0) is 9.84 Å². The molecule has 0 saturated heterocycles. The third-order valence-electron chi connectivity index (χ3n) is 3.52.